The lowest BCUT2D eigenvalue weighted by molar-refractivity contribution is 0.446. The molecule has 3 heteroatoms. The first-order valence-electron chi connectivity index (χ1n) is 20.1. The Morgan fingerprint density at radius 2 is 0.782 bits per heavy atom. The Bertz CT molecular complexity index is 2180. The monoisotopic (exact) mass is 737 g/mol. The average Bonchev–Trinajstić information content (AvgIpc) is 3.05. The molecule has 0 aliphatic heterocycles. The van der Waals surface area contributed by atoms with Gasteiger partial charge in [0.1, 0.15) is 5.75 Å². The number of benzene rings is 3. The van der Waals surface area contributed by atoms with Crippen molar-refractivity contribution in [3.8, 4) is 50.6 Å². The van der Waals surface area contributed by atoms with Crippen molar-refractivity contribution in [1.29, 1.82) is 0 Å². The third-order valence-electron chi connectivity index (χ3n) is 10.9. The molecule has 2 aromatic heterocycles. The van der Waals surface area contributed by atoms with Gasteiger partial charge in [-0.3, -0.25) is 4.98 Å². The molecule has 2 heterocycles. The van der Waals surface area contributed by atoms with Crippen LogP contribution in [-0.4, -0.2) is 15.1 Å². The van der Waals surface area contributed by atoms with Crippen LogP contribution in [-0.2, 0) is 32.5 Å². The maximum absolute atomic E-state index is 12.2. The number of aromatic nitrogens is 2. The summed E-state index contributed by atoms with van der Waals surface area (Å²) < 4.78 is 0. The van der Waals surface area contributed by atoms with Gasteiger partial charge in [-0.2, -0.15) is 0 Å². The maximum Gasteiger partial charge on any atom is 0.128 e. The molecule has 0 aliphatic rings. The van der Waals surface area contributed by atoms with E-state index in [1.165, 1.54) is 27.8 Å². The number of phenolic OH excluding ortho intramolecular Hbond substituents is 1. The lowest BCUT2D eigenvalue weighted by atomic mass is 9.78. The Kier molecular flexibility index (Phi) is 10.7. The van der Waals surface area contributed by atoms with E-state index in [1.54, 1.807) is 0 Å². The number of nitrogens with zero attached hydrogens (tertiary/aromatic N) is 2. The summed E-state index contributed by atoms with van der Waals surface area (Å²) in [6.45, 7) is 40.5. The molecule has 292 valence electrons. The molecule has 0 aliphatic carbocycles. The van der Waals surface area contributed by atoms with Crippen LogP contribution in [0, 0.1) is 0 Å². The normalized spacial score (nSPS) is 13.3. The molecule has 3 aromatic carbocycles. The van der Waals surface area contributed by atoms with E-state index in [0.29, 0.717) is 5.75 Å². The quantitative estimate of drug-likeness (QED) is 0.200. The fourth-order valence-corrected chi connectivity index (χ4v) is 6.89. The standard InChI is InChI=1S/C52H68N2O/c1-47(2,3)36-19-20-53-43(31-36)34-21-35(25-37(24-34)48(4,5)6)44-26-33(32-22-38(49(7,8)9)28-39(23-32)50(10,11)12)27-45(54-44)41-29-40(51(13,14)15)30-42(46(41)55)52(16,17)18/h19-31,55H,1-18H3. The van der Waals surface area contributed by atoms with Crippen molar-refractivity contribution in [2.45, 2.75) is 157 Å². The Morgan fingerprint density at radius 1 is 0.364 bits per heavy atom. The van der Waals surface area contributed by atoms with Crippen molar-refractivity contribution in [2.75, 3.05) is 0 Å². The number of rotatable bonds is 4. The van der Waals surface area contributed by atoms with Crippen LogP contribution in [0.2, 0.25) is 0 Å². The van der Waals surface area contributed by atoms with Gasteiger partial charge < -0.3 is 5.11 Å². The molecule has 5 aromatic rings. The van der Waals surface area contributed by atoms with Gasteiger partial charge in [0.05, 0.1) is 17.1 Å². The van der Waals surface area contributed by atoms with E-state index in [2.05, 4.69) is 197 Å². The lowest BCUT2D eigenvalue weighted by Crippen LogP contribution is -2.17. The van der Waals surface area contributed by atoms with Crippen molar-refractivity contribution in [3.05, 3.63) is 112 Å². The van der Waals surface area contributed by atoms with Gasteiger partial charge in [0.15, 0.2) is 0 Å². The second-order valence-corrected chi connectivity index (χ2v) is 22.1. The highest BCUT2D eigenvalue weighted by Gasteiger charge is 2.28. The fourth-order valence-electron chi connectivity index (χ4n) is 6.89. The first-order valence-corrected chi connectivity index (χ1v) is 20.1. The summed E-state index contributed by atoms with van der Waals surface area (Å²) >= 11 is 0. The summed E-state index contributed by atoms with van der Waals surface area (Å²) in [6, 6.07) is 27.0. The van der Waals surface area contributed by atoms with Gasteiger partial charge in [0, 0.05) is 28.5 Å². The lowest BCUT2D eigenvalue weighted by Gasteiger charge is -2.28. The second kappa shape index (κ2) is 14.1. The zero-order valence-corrected chi connectivity index (χ0v) is 37.3. The molecule has 0 atom stereocenters. The molecule has 0 amide bonds. The zero-order chi connectivity index (χ0) is 41.3. The molecule has 0 fully saturated rings. The summed E-state index contributed by atoms with van der Waals surface area (Å²) in [6.07, 6.45) is 1.93. The van der Waals surface area contributed by atoms with Crippen LogP contribution in [0.25, 0.3) is 44.9 Å². The highest BCUT2D eigenvalue weighted by atomic mass is 16.3. The maximum atomic E-state index is 12.2. The summed E-state index contributed by atoms with van der Waals surface area (Å²) in [5.41, 5.74) is 14.2. The molecule has 0 bridgehead atoms. The first kappa shape index (κ1) is 41.9. The van der Waals surface area contributed by atoms with E-state index in [0.717, 1.165) is 50.5 Å². The number of phenols is 1. The van der Waals surface area contributed by atoms with Gasteiger partial charge in [-0.15, -0.1) is 0 Å². The molecular formula is C52H68N2O. The van der Waals surface area contributed by atoms with Crippen LogP contribution in [0.3, 0.4) is 0 Å². The Morgan fingerprint density at radius 3 is 1.27 bits per heavy atom. The average molecular weight is 737 g/mol. The zero-order valence-electron chi connectivity index (χ0n) is 37.3. The molecular weight excluding hydrogens is 669 g/mol. The summed E-state index contributed by atoms with van der Waals surface area (Å²) in [5.74, 6) is 0.294. The molecule has 0 saturated carbocycles. The van der Waals surface area contributed by atoms with E-state index in [-0.39, 0.29) is 32.5 Å². The highest BCUT2D eigenvalue weighted by molar-refractivity contribution is 5.82. The number of hydrogen-bond acceptors (Lipinski definition) is 3. The van der Waals surface area contributed by atoms with Gasteiger partial charge in [0.25, 0.3) is 0 Å². The van der Waals surface area contributed by atoms with Gasteiger partial charge in [-0.25, -0.2) is 4.98 Å². The molecule has 0 spiro atoms. The van der Waals surface area contributed by atoms with Crippen LogP contribution < -0.4 is 0 Å². The second-order valence-electron chi connectivity index (χ2n) is 22.1. The summed E-state index contributed by atoms with van der Waals surface area (Å²) in [5, 5.41) is 12.2. The molecule has 55 heavy (non-hydrogen) atoms. The third kappa shape index (κ3) is 9.42. The minimum absolute atomic E-state index is 0.00402. The molecule has 0 saturated heterocycles. The molecule has 5 rings (SSSR count). The smallest absolute Gasteiger partial charge is 0.128 e. The Labute approximate surface area is 334 Å². The minimum atomic E-state index is -0.270. The highest BCUT2D eigenvalue weighted by Crippen LogP contribution is 2.44. The van der Waals surface area contributed by atoms with Crippen molar-refractivity contribution >= 4 is 0 Å². The van der Waals surface area contributed by atoms with E-state index < -0.39 is 0 Å². The topological polar surface area (TPSA) is 46.0 Å². The molecule has 0 radical (unpaired) electrons. The summed E-state index contributed by atoms with van der Waals surface area (Å²) in [4.78, 5) is 10.4. The van der Waals surface area contributed by atoms with E-state index in [9.17, 15) is 5.11 Å². The predicted octanol–water partition coefficient (Wildman–Crippen LogP) is 14.6. The van der Waals surface area contributed by atoms with Crippen molar-refractivity contribution < 1.29 is 5.11 Å². The Hall–Kier alpha value is -4.24. The van der Waals surface area contributed by atoms with Crippen LogP contribution in [0.4, 0.5) is 0 Å². The number of hydrogen-bond donors (Lipinski definition) is 1. The minimum Gasteiger partial charge on any atom is -0.507 e. The Balaban J connectivity index is 1.92. The van der Waals surface area contributed by atoms with Crippen LogP contribution in [0.5, 0.6) is 5.75 Å². The van der Waals surface area contributed by atoms with Gasteiger partial charge in [-0.1, -0.05) is 149 Å². The summed E-state index contributed by atoms with van der Waals surface area (Å²) in [7, 11) is 0. The predicted molar refractivity (Wildman–Crippen MR) is 238 cm³/mol. The molecule has 3 nitrogen and oxygen atoms in total. The van der Waals surface area contributed by atoms with Crippen molar-refractivity contribution in [3.63, 3.8) is 0 Å². The van der Waals surface area contributed by atoms with Crippen LogP contribution in [0.15, 0.2) is 79.0 Å². The first-order chi connectivity index (χ1) is 24.9. The van der Waals surface area contributed by atoms with Crippen LogP contribution in [0.1, 0.15) is 158 Å². The number of pyridine rings is 2. The van der Waals surface area contributed by atoms with E-state index in [4.69, 9.17) is 9.97 Å². The van der Waals surface area contributed by atoms with E-state index in [1.807, 2.05) is 6.20 Å². The van der Waals surface area contributed by atoms with Crippen LogP contribution >= 0.6 is 0 Å². The SMILES string of the molecule is CC(C)(C)c1cc(-c2cc(C(C)(C)C)ccn2)cc(-c2cc(-c3cc(C(C)(C)C)cc(C(C)(C)C)c3)cc(-c3cc(C(C)(C)C)cc(C(C)(C)C)c3O)n2)c1. The van der Waals surface area contributed by atoms with Crippen molar-refractivity contribution in [1.82, 2.24) is 9.97 Å². The van der Waals surface area contributed by atoms with Gasteiger partial charge in [0.2, 0.25) is 0 Å². The third-order valence-corrected chi connectivity index (χ3v) is 10.9. The molecule has 1 N–H and O–H groups in total. The fraction of sp³-hybridized carbons (Fsp3) is 0.462. The van der Waals surface area contributed by atoms with Crippen molar-refractivity contribution in [2.24, 2.45) is 0 Å². The van der Waals surface area contributed by atoms with Gasteiger partial charge in [-0.05, 0) is 120 Å². The van der Waals surface area contributed by atoms with Gasteiger partial charge >= 0.3 is 0 Å². The number of aromatic hydroxyl groups is 1. The van der Waals surface area contributed by atoms with E-state index >= 15 is 0 Å². The largest absolute Gasteiger partial charge is 0.507 e. The molecule has 0 unspecified atom stereocenters.